The topological polar surface area (TPSA) is 45.7 Å². The number of ether oxygens (including phenoxy) is 1. The van der Waals surface area contributed by atoms with Gasteiger partial charge in [-0.3, -0.25) is 5.43 Å². The molecule has 0 saturated carbocycles. The van der Waals surface area contributed by atoms with Crippen molar-refractivity contribution in [2.75, 3.05) is 0 Å². The number of hydrogen-bond donors (Lipinski definition) is 2. The van der Waals surface area contributed by atoms with Crippen molar-refractivity contribution in [3.05, 3.63) is 29.3 Å². The number of thiocarbonyl (C=S) groups is 1. The summed E-state index contributed by atoms with van der Waals surface area (Å²) in [6.45, 7) is 6.09. The minimum absolute atomic E-state index is 0.00241. The molecule has 4 nitrogen and oxygen atoms in total. The molecule has 0 aliphatic carbocycles. The van der Waals surface area contributed by atoms with Crippen molar-refractivity contribution in [3.63, 3.8) is 0 Å². The molecule has 1 unspecified atom stereocenters. The fraction of sp³-hybridized carbons (Fsp3) is 0.385. The molecule has 1 aromatic rings. The molecule has 2 heterocycles. The quantitative estimate of drug-likeness (QED) is 0.702. The van der Waals surface area contributed by atoms with Gasteiger partial charge in [0.25, 0.3) is 0 Å². The summed E-state index contributed by atoms with van der Waals surface area (Å²) in [7, 11) is 0. The molecule has 3 rings (SSSR count). The van der Waals surface area contributed by atoms with Crippen molar-refractivity contribution in [2.45, 2.75) is 32.4 Å². The van der Waals surface area contributed by atoms with Crippen LogP contribution in [0.5, 0.6) is 5.75 Å². The number of aryl methyl sites for hydroxylation is 1. The zero-order chi connectivity index (χ0) is 12.9. The van der Waals surface area contributed by atoms with E-state index in [0.29, 0.717) is 5.11 Å². The van der Waals surface area contributed by atoms with Gasteiger partial charge in [0.15, 0.2) is 5.11 Å². The highest BCUT2D eigenvalue weighted by Gasteiger charge is 2.42. The zero-order valence-corrected chi connectivity index (χ0v) is 11.4. The first-order valence-electron chi connectivity index (χ1n) is 5.91. The molecule has 94 valence electrons. The van der Waals surface area contributed by atoms with E-state index < -0.39 is 5.60 Å². The van der Waals surface area contributed by atoms with E-state index in [1.807, 2.05) is 19.9 Å². The first-order valence-corrected chi connectivity index (χ1v) is 6.32. The van der Waals surface area contributed by atoms with Crippen LogP contribution in [0.25, 0.3) is 0 Å². The van der Waals surface area contributed by atoms with E-state index in [4.69, 9.17) is 17.0 Å². The van der Waals surface area contributed by atoms with Crippen LogP contribution in [-0.2, 0) is 0 Å². The van der Waals surface area contributed by atoms with E-state index in [0.717, 1.165) is 17.0 Å². The zero-order valence-electron chi connectivity index (χ0n) is 10.6. The molecule has 0 amide bonds. The van der Waals surface area contributed by atoms with Gasteiger partial charge in [0.2, 0.25) is 0 Å². The molecular formula is C13H15N3OS. The van der Waals surface area contributed by atoms with Gasteiger partial charge in [0, 0.05) is 5.56 Å². The Morgan fingerprint density at radius 1 is 1.39 bits per heavy atom. The number of rotatable bonds is 0. The smallest absolute Gasteiger partial charge is 0.187 e. The lowest BCUT2D eigenvalue weighted by Crippen LogP contribution is -2.55. The molecule has 2 aliphatic rings. The lowest BCUT2D eigenvalue weighted by molar-refractivity contribution is 0.163. The van der Waals surface area contributed by atoms with Crippen LogP contribution in [0, 0.1) is 6.92 Å². The second-order valence-corrected chi connectivity index (χ2v) is 5.58. The monoisotopic (exact) mass is 261 g/mol. The summed E-state index contributed by atoms with van der Waals surface area (Å²) in [6.07, 6.45) is 0. The third-order valence-electron chi connectivity index (χ3n) is 3.29. The van der Waals surface area contributed by atoms with Gasteiger partial charge in [0.1, 0.15) is 23.1 Å². The number of benzene rings is 1. The van der Waals surface area contributed by atoms with Crippen LogP contribution in [0.15, 0.2) is 23.3 Å². The van der Waals surface area contributed by atoms with Gasteiger partial charge in [-0.15, -0.1) is 0 Å². The third-order valence-corrected chi connectivity index (χ3v) is 3.49. The van der Waals surface area contributed by atoms with Crippen LogP contribution in [0.1, 0.15) is 31.0 Å². The van der Waals surface area contributed by atoms with E-state index in [2.05, 4.69) is 34.9 Å². The van der Waals surface area contributed by atoms with Crippen molar-refractivity contribution in [1.82, 2.24) is 10.7 Å². The first kappa shape index (κ1) is 11.5. The normalized spacial score (nSPS) is 23.8. The van der Waals surface area contributed by atoms with Crippen LogP contribution >= 0.6 is 12.2 Å². The third kappa shape index (κ3) is 1.66. The fourth-order valence-electron chi connectivity index (χ4n) is 2.43. The number of nitrogens with zero attached hydrogens (tertiary/aromatic N) is 1. The van der Waals surface area contributed by atoms with Crippen molar-refractivity contribution >= 4 is 23.0 Å². The molecule has 0 fully saturated rings. The second kappa shape index (κ2) is 3.68. The summed E-state index contributed by atoms with van der Waals surface area (Å²) in [5, 5.41) is 8.17. The van der Waals surface area contributed by atoms with E-state index in [-0.39, 0.29) is 6.04 Å². The molecule has 5 heteroatoms. The predicted octanol–water partition coefficient (Wildman–Crippen LogP) is 2.04. The van der Waals surface area contributed by atoms with Gasteiger partial charge in [0.05, 0.1) is 0 Å². The lowest BCUT2D eigenvalue weighted by Gasteiger charge is -2.41. The van der Waals surface area contributed by atoms with Crippen molar-refractivity contribution < 1.29 is 4.74 Å². The molecule has 1 atom stereocenters. The van der Waals surface area contributed by atoms with Crippen LogP contribution in [0.3, 0.4) is 0 Å². The van der Waals surface area contributed by atoms with Gasteiger partial charge in [-0.2, -0.15) is 5.10 Å². The number of hydrazone groups is 1. The molecule has 0 spiro atoms. The van der Waals surface area contributed by atoms with Crippen LogP contribution in [-0.4, -0.2) is 16.4 Å². The standard InChI is InChI=1S/C13H15N3OS/c1-7-4-5-9-8(6-7)10-11(13(2,3)17-9)15-16-12(18)14-10/h4-6,10H,1-3H3,(H2,14,16,18). The Balaban J connectivity index is 2.18. The van der Waals surface area contributed by atoms with Crippen LogP contribution in [0.4, 0.5) is 0 Å². The maximum absolute atomic E-state index is 6.02. The highest BCUT2D eigenvalue weighted by atomic mass is 32.1. The highest BCUT2D eigenvalue weighted by molar-refractivity contribution is 7.80. The summed E-state index contributed by atoms with van der Waals surface area (Å²) in [5.41, 5.74) is 5.59. The largest absolute Gasteiger partial charge is 0.481 e. The Bertz CT molecular complexity index is 565. The highest BCUT2D eigenvalue weighted by Crippen LogP contribution is 2.38. The molecular weight excluding hydrogens is 246 g/mol. The minimum Gasteiger partial charge on any atom is -0.481 e. The Morgan fingerprint density at radius 3 is 2.94 bits per heavy atom. The Morgan fingerprint density at radius 2 is 2.17 bits per heavy atom. The van der Waals surface area contributed by atoms with E-state index in [1.54, 1.807) is 0 Å². The lowest BCUT2D eigenvalue weighted by atomic mass is 9.86. The van der Waals surface area contributed by atoms with Gasteiger partial charge in [-0.05, 0) is 45.1 Å². The van der Waals surface area contributed by atoms with Gasteiger partial charge >= 0.3 is 0 Å². The van der Waals surface area contributed by atoms with Gasteiger partial charge in [-0.1, -0.05) is 11.6 Å². The number of hydrogen-bond acceptors (Lipinski definition) is 3. The summed E-state index contributed by atoms with van der Waals surface area (Å²) in [5.74, 6) is 0.895. The molecule has 0 aromatic heterocycles. The first-order chi connectivity index (χ1) is 8.47. The molecule has 18 heavy (non-hydrogen) atoms. The summed E-state index contributed by atoms with van der Waals surface area (Å²) >= 11 is 5.14. The maximum atomic E-state index is 6.02. The molecule has 0 saturated heterocycles. The average Bonchev–Trinajstić information content (AvgIpc) is 2.30. The summed E-state index contributed by atoms with van der Waals surface area (Å²) in [4.78, 5) is 0. The average molecular weight is 261 g/mol. The van der Waals surface area contributed by atoms with Gasteiger partial charge in [-0.25, -0.2) is 0 Å². The molecule has 0 bridgehead atoms. The predicted molar refractivity (Wildman–Crippen MR) is 74.9 cm³/mol. The van der Waals surface area contributed by atoms with Crippen molar-refractivity contribution in [2.24, 2.45) is 5.10 Å². The molecule has 2 aliphatic heterocycles. The SMILES string of the molecule is Cc1ccc2c(c1)C1NC(=S)NN=C1C(C)(C)O2. The maximum Gasteiger partial charge on any atom is 0.187 e. The number of nitrogens with one attached hydrogen (secondary N) is 2. The molecule has 1 aromatic carbocycles. The molecule has 0 radical (unpaired) electrons. The fourth-order valence-corrected chi connectivity index (χ4v) is 2.59. The minimum atomic E-state index is -0.442. The summed E-state index contributed by atoms with van der Waals surface area (Å²) < 4.78 is 6.02. The van der Waals surface area contributed by atoms with Gasteiger partial charge < -0.3 is 10.1 Å². The van der Waals surface area contributed by atoms with Crippen molar-refractivity contribution in [3.8, 4) is 5.75 Å². The van der Waals surface area contributed by atoms with Crippen LogP contribution in [0.2, 0.25) is 0 Å². The number of fused-ring (bicyclic) bond motifs is 3. The Labute approximate surface area is 111 Å². The van der Waals surface area contributed by atoms with Crippen molar-refractivity contribution in [1.29, 1.82) is 0 Å². The molecule has 2 N–H and O–H groups in total. The Kier molecular flexibility index (Phi) is 2.35. The van der Waals surface area contributed by atoms with E-state index in [1.165, 1.54) is 5.56 Å². The Hall–Kier alpha value is -1.62. The summed E-state index contributed by atoms with van der Waals surface area (Å²) in [6, 6.07) is 6.18. The van der Waals surface area contributed by atoms with E-state index >= 15 is 0 Å². The van der Waals surface area contributed by atoms with E-state index in [9.17, 15) is 0 Å². The van der Waals surface area contributed by atoms with Crippen LogP contribution < -0.4 is 15.5 Å². The second-order valence-electron chi connectivity index (χ2n) is 5.17.